The number of ether oxygens (including phenoxy) is 2. The number of nitrogens with zero attached hydrogens (tertiary/aromatic N) is 2. The molecule has 0 unspecified atom stereocenters. The highest BCUT2D eigenvalue weighted by molar-refractivity contribution is 5.97. The van der Waals surface area contributed by atoms with Crippen LogP contribution in [0.5, 0.6) is 0 Å². The Hall–Kier alpha value is -5.82. The van der Waals surface area contributed by atoms with E-state index in [1.54, 1.807) is 0 Å². The van der Waals surface area contributed by atoms with Gasteiger partial charge in [0, 0.05) is 44.3 Å². The Morgan fingerprint density at radius 3 is 1.62 bits per heavy atom. The van der Waals surface area contributed by atoms with Crippen molar-refractivity contribution >= 4 is 46.4 Å². The number of H-pyrrole nitrogens is 2. The number of hydrogen-bond donors (Lipinski definition) is 2. The van der Waals surface area contributed by atoms with Gasteiger partial charge in [-0.05, 0) is 71.3 Å². The van der Waals surface area contributed by atoms with Gasteiger partial charge in [0.05, 0.1) is 36.0 Å². The third-order valence-electron chi connectivity index (χ3n) is 8.79. The van der Waals surface area contributed by atoms with Crippen molar-refractivity contribution in [1.82, 2.24) is 19.9 Å². The smallest absolute Gasteiger partial charge is 0.184 e. The van der Waals surface area contributed by atoms with Crippen LogP contribution in [0, 0.1) is 0 Å². The molecule has 0 atom stereocenters. The summed E-state index contributed by atoms with van der Waals surface area (Å²) in [6, 6.07) is 39.9. The maximum Gasteiger partial charge on any atom is 0.184 e. The molecule has 6 heterocycles. The first-order valence-corrected chi connectivity index (χ1v) is 15.8. The molecular weight excluding hydrogens is 580 g/mol. The lowest BCUT2D eigenvalue weighted by atomic mass is 10.0. The highest BCUT2D eigenvalue weighted by Gasteiger charge is 2.20. The van der Waals surface area contributed by atoms with Gasteiger partial charge < -0.3 is 19.4 Å². The van der Waals surface area contributed by atoms with Crippen LogP contribution >= 0.6 is 0 Å². The molecule has 6 aromatic rings. The summed E-state index contributed by atoms with van der Waals surface area (Å²) in [6.07, 6.45) is 8.07. The monoisotopic (exact) mass is 610 g/mol. The first-order valence-electron chi connectivity index (χ1n) is 15.8. The van der Waals surface area contributed by atoms with Gasteiger partial charge in [0.1, 0.15) is 0 Å². The van der Waals surface area contributed by atoms with Crippen molar-refractivity contribution in [3.63, 3.8) is 0 Å². The Balaban J connectivity index is 1.38. The maximum atomic E-state index is 5.77. The van der Waals surface area contributed by atoms with Gasteiger partial charge in [-0.25, -0.2) is 9.97 Å². The van der Waals surface area contributed by atoms with E-state index in [-0.39, 0.29) is 6.29 Å². The zero-order chi connectivity index (χ0) is 31.2. The Labute approximate surface area is 271 Å². The summed E-state index contributed by atoms with van der Waals surface area (Å²) in [5.74, 6) is 0. The van der Waals surface area contributed by atoms with Crippen LogP contribution in [0.4, 0.5) is 0 Å². The van der Waals surface area contributed by atoms with Crippen molar-refractivity contribution < 1.29 is 9.47 Å². The van der Waals surface area contributed by atoms with Crippen molar-refractivity contribution in [3.8, 4) is 33.4 Å². The van der Waals surface area contributed by atoms with Crippen LogP contribution in [0.2, 0.25) is 0 Å². The molecule has 0 saturated carbocycles. The minimum absolute atomic E-state index is 0.331. The Morgan fingerprint density at radius 1 is 0.489 bits per heavy atom. The molecule has 3 aromatic heterocycles. The summed E-state index contributed by atoms with van der Waals surface area (Å²) in [6.45, 7) is 1.21. The summed E-state index contributed by atoms with van der Waals surface area (Å²) >= 11 is 0. The molecule has 8 bridgehead atoms. The topological polar surface area (TPSA) is 75.8 Å². The molecule has 3 aliphatic heterocycles. The number of benzene rings is 3. The van der Waals surface area contributed by atoms with Crippen molar-refractivity contribution in [2.45, 2.75) is 6.29 Å². The van der Waals surface area contributed by atoms with Gasteiger partial charge in [0.15, 0.2) is 6.29 Å². The summed E-state index contributed by atoms with van der Waals surface area (Å²) in [5, 5.41) is 0. The average Bonchev–Trinajstić information content (AvgIpc) is 3.96. The third kappa shape index (κ3) is 5.10. The molecule has 0 aliphatic carbocycles. The highest BCUT2D eigenvalue weighted by atomic mass is 16.7. The molecule has 6 nitrogen and oxygen atoms in total. The standard InChI is InChI=1S/C41H30N4O2/c1-3-7-26(8-4-1)38-32-17-15-30(42-32)25-31-16-18-33(43-31)39(27-9-5-2-6-10-27)35-20-22-37(45-35)40(36-21-19-34(38)44-36)28-11-13-29(14-12-28)41-46-23-24-47-41/h1-22,25,41-42,45H,23-24H2. The number of rotatable bonds is 4. The van der Waals surface area contributed by atoms with Gasteiger partial charge >= 0.3 is 0 Å². The van der Waals surface area contributed by atoms with Gasteiger partial charge in [-0.15, -0.1) is 0 Å². The molecule has 6 heteroatoms. The second-order valence-corrected chi connectivity index (χ2v) is 11.8. The number of nitrogens with one attached hydrogen (secondary N) is 2. The molecular formula is C41H30N4O2. The lowest BCUT2D eigenvalue weighted by Crippen LogP contribution is -1.97. The lowest BCUT2D eigenvalue weighted by Gasteiger charge is -2.11. The summed E-state index contributed by atoms with van der Waals surface area (Å²) in [5.41, 5.74) is 14.8. The van der Waals surface area contributed by atoms with E-state index >= 15 is 0 Å². The predicted molar refractivity (Wildman–Crippen MR) is 190 cm³/mol. The molecule has 1 fully saturated rings. The zero-order valence-electron chi connectivity index (χ0n) is 25.5. The van der Waals surface area contributed by atoms with Gasteiger partial charge in [-0.2, -0.15) is 0 Å². The van der Waals surface area contributed by atoms with Crippen molar-refractivity contribution in [2.24, 2.45) is 0 Å². The van der Waals surface area contributed by atoms with E-state index in [0.29, 0.717) is 13.2 Å². The minimum Gasteiger partial charge on any atom is -0.355 e. The van der Waals surface area contributed by atoms with E-state index in [4.69, 9.17) is 19.4 Å². The van der Waals surface area contributed by atoms with Crippen LogP contribution in [-0.4, -0.2) is 33.1 Å². The van der Waals surface area contributed by atoms with E-state index in [0.717, 1.165) is 83.8 Å². The first kappa shape index (κ1) is 27.5. The Morgan fingerprint density at radius 2 is 1.00 bits per heavy atom. The molecule has 1 saturated heterocycles. The number of aromatic amines is 2. The van der Waals surface area contributed by atoms with Crippen LogP contribution in [0.3, 0.4) is 0 Å². The molecule has 9 rings (SSSR count). The van der Waals surface area contributed by atoms with E-state index in [1.807, 2.05) is 12.1 Å². The summed E-state index contributed by atoms with van der Waals surface area (Å²) < 4.78 is 11.5. The minimum atomic E-state index is -0.331. The van der Waals surface area contributed by atoms with Crippen LogP contribution in [-0.2, 0) is 9.47 Å². The largest absolute Gasteiger partial charge is 0.355 e. The van der Waals surface area contributed by atoms with E-state index in [1.165, 1.54) is 0 Å². The van der Waals surface area contributed by atoms with E-state index in [9.17, 15) is 0 Å². The normalized spacial score (nSPS) is 14.2. The molecule has 0 radical (unpaired) electrons. The second kappa shape index (κ2) is 11.5. The maximum absolute atomic E-state index is 5.77. The molecule has 47 heavy (non-hydrogen) atoms. The number of fused-ring (bicyclic) bond motifs is 8. The van der Waals surface area contributed by atoms with Gasteiger partial charge in [-0.1, -0.05) is 84.9 Å². The van der Waals surface area contributed by atoms with Crippen LogP contribution in [0.15, 0.2) is 115 Å². The quantitative estimate of drug-likeness (QED) is 0.208. The summed E-state index contributed by atoms with van der Waals surface area (Å²) in [7, 11) is 0. The summed E-state index contributed by atoms with van der Waals surface area (Å²) in [4.78, 5) is 17.8. The van der Waals surface area contributed by atoms with Gasteiger partial charge in [-0.3, -0.25) is 0 Å². The first-order chi connectivity index (χ1) is 23.3. The zero-order valence-corrected chi connectivity index (χ0v) is 25.5. The molecule has 226 valence electrons. The lowest BCUT2D eigenvalue weighted by molar-refractivity contribution is -0.0441. The number of aromatic nitrogens is 4. The van der Waals surface area contributed by atoms with E-state index in [2.05, 4.69) is 137 Å². The average molecular weight is 611 g/mol. The molecule has 3 aliphatic rings. The van der Waals surface area contributed by atoms with E-state index < -0.39 is 0 Å². The molecule has 0 spiro atoms. The highest BCUT2D eigenvalue weighted by Crippen LogP contribution is 2.37. The fourth-order valence-electron chi connectivity index (χ4n) is 6.62. The second-order valence-electron chi connectivity index (χ2n) is 11.8. The molecule has 0 amide bonds. The fraction of sp³-hybridized carbons (Fsp3) is 0.0732. The number of hydrogen-bond acceptors (Lipinski definition) is 4. The van der Waals surface area contributed by atoms with Crippen LogP contribution in [0.1, 0.15) is 34.6 Å². The Bertz CT molecular complexity index is 2310. The molecule has 3 aromatic carbocycles. The van der Waals surface area contributed by atoms with Crippen LogP contribution in [0.25, 0.3) is 79.8 Å². The van der Waals surface area contributed by atoms with Crippen molar-refractivity contribution in [2.75, 3.05) is 13.2 Å². The van der Waals surface area contributed by atoms with Crippen molar-refractivity contribution in [3.05, 3.63) is 144 Å². The van der Waals surface area contributed by atoms with Gasteiger partial charge in [0.25, 0.3) is 0 Å². The Kier molecular flexibility index (Phi) is 6.74. The SMILES string of the molecule is C1=Cc2nc1cc1ccc([nH]1)c(-c1ccccc1)c1nc(c(-c3ccc(C4OCCO4)cc3)c3ccc([nH]3)c2-c2ccccc2)C=C1. The fourth-order valence-corrected chi connectivity index (χ4v) is 6.62. The van der Waals surface area contributed by atoms with Crippen molar-refractivity contribution in [1.29, 1.82) is 0 Å². The van der Waals surface area contributed by atoms with Gasteiger partial charge in [0.2, 0.25) is 0 Å². The molecule has 2 N–H and O–H groups in total. The van der Waals surface area contributed by atoms with Crippen LogP contribution < -0.4 is 0 Å². The third-order valence-corrected chi connectivity index (χ3v) is 8.79. The predicted octanol–water partition coefficient (Wildman–Crippen LogP) is 9.70.